The van der Waals surface area contributed by atoms with E-state index in [4.69, 9.17) is 30.5 Å². The molecule has 0 spiro atoms. The van der Waals surface area contributed by atoms with Crippen molar-refractivity contribution in [3.8, 4) is 0 Å². The van der Waals surface area contributed by atoms with Gasteiger partial charge < -0.3 is 23.8 Å². The van der Waals surface area contributed by atoms with Crippen LogP contribution in [0.15, 0.2) is 6.07 Å². The second-order valence-electron chi connectivity index (χ2n) is 6.07. The zero-order valence-corrected chi connectivity index (χ0v) is 15.6. The summed E-state index contributed by atoms with van der Waals surface area (Å²) in [5.74, 6) is 0.877. The van der Waals surface area contributed by atoms with Crippen LogP contribution in [0.2, 0.25) is 5.28 Å². The number of hydrogen-bond acceptors (Lipinski definition) is 8. The van der Waals surface area contributed by atoms with E-state index in [-0.39, 0.29) is 5.28 Å². The van der Waals surface area contributed by atoms with Crippen molar-refractivity contribution in [1.29, 1.82) is 0 Å². The number of morpholine rings is 1. The van der Waals surface area contributed by atoms with Crippen molar-refractivity contribution in [2.75, 3.05) is 64.7 Å². The van der Waals surface area contributed by atoms with Gasteiger partial charge in [-0.3, -0.25) is 0 Å². The largest absolute Gasteiger partial charge is 0.382 e. The van der Waals surface area contributed by atoms with E-state index in [0.717, 1.165) is 34.0 Å². The second kappa shape index (κ2) is 7.30. The van der Waals surface area contributed by atoms with Crippen molar-refractivity contribution in [2.24, 2.45) is 0 Å². The van der Waals surface area contributed by atoms with Gasteiger partial charge in [-0.05, 0) is 17.7 Å². The Labute approximate surface area is 154 Å². The zero-order chi connectivity index (χ0) is 17.3. The highest BCUT2D eigenvalue weighted by molar-refractivity contribution is 7.19. The number of hydrogen-bond donors (Lipinski definition) is 0. The minimum atomic E-state index is -0.418. The van der Waals surface area contributed by atoms with Crippen LogP contribution >= 0.6 is 22.9 Å². The lowest BCUT2D eigenvalue weighted by molar-refractivity contribution is -0.218. The van der Waals surface area contributed by atoms with Gasteiger partial charge in [0.25, 0.3) is 0 Å². The summed E-state index contributed by atoms with van der Waals surface area (Å²) in [6.45, 7) is 5.14. The summed E-state index contributed by atoms with van der Waals surface area (Å²) >= 11 is 7.82. The molecule has 0 amide bonds. The summed E-state index contributed by atoms with van der Waals surface area (Å²) < 4.78 is 23.1. The van der Waals surface area contributed by atoms with Crippen LogP contribution in [0.5, 0.6) is 0 Å². The maximum absolute atomic E-state index is 6.17. The lowest BCUT2D eigenvalue weighted by atomic mass is 10.00. The quantitative estimate of drug-likeness (QED) is 0.557. The first-order valence-corrected chi connectivity index (χ1v) is 9.42. The van der Waals surface area contributed by atoms with Crippen molar-refractivity contribution in [1.82, 2.24) is 9.97 Å². The van der Waals surface area contributed by atoms with Crippen LogP contribution in [0.1, 0.15) is 4.88 Å². The lowest BCUT2D eigenvalue weighted by Crippen LogP contribution is -2.49. The van der Waals surface area contributed by atoms with Gasteiger partial charge in [0.2, 0.25) is 5.28 Å². The molecule has 2 aliphatic rings. The molecular formula is C16H20ClN3O4S. The lowest BCUT2D eigenvalue weighted by Gasteiger charge is -2.40. The van der Waals surface area contributed by atoms with Gasteiger partial charge in [0.05, 0.1) is 49.9 Å². The van der Waals surface area contributed by atoms with Crippen LogP contribution in [0.25, 0.3) is 10.2 Å². The molecule has 4 heterocycles. The first-order valence-electron chi connectivity index (χ1n) is 8.23. The minimum Gasteiger partial charge on any atom is -0.382 e. The Morgan fingerprint density at radius 3 is 2.72 bits per heavy atom. The number of anilines is 1. The van der Waals surface area contributed by atoms with E-state index in [1.54, 1.807) is 18.4 Å². The van der Waals surface area contributed by atoms with Gasteiger partial charge in [-0.25, -0.2) is 4.98 Å². The van der Waals surface area contributed by atoms with Crippen LogP contribution < -0.4 is 4.90 Å². The monoisotopic (exact) mass is 385 g/mol. The molecule has 25 heavy (non-hydrogen) atoms. The fourth-order valence-corrected chi connectivity index (χ4v) is 4.41. The molecule has 4 rings (SSSR count). The van der Waals surface area contributed by atoms with Crippen molar-refractivity contribution in [3.63, 3.8) is 0 Å². The molecule has 2 aromatic heterocycles. The molecule has 0 unspecified atom stereocenters. The standard InChI is InChI=1S/C16H20ClN3O4S/c1-21-6-7-24-16(9-23-10-16)12-8-11-13(25-12)14(19-15(17)18-11)20-2-4-22-5-3-20/h8H,2-7,9-10H2,1H3. The summed E-state index contributed by atoms with van der Waals surface area (Å²) in [6.07, 6.45) is 0. The van der Waals surface area contributed by atoms with Crippen LogP contribution in [0, 0.1) is 0 Å². The average Bonchev–Trinajstić information content (AvgIpc) is 3.01. The number of rotatable bonds is 6. The van der Waals surface area contributed by atoms with Crippen LogP contribution in [0.4, 0.5) is 5.82 Å². The Kier molecular flexibility index (Phi) is 5.08. The number of nitrogens with zero attached hydrogens (tertiary/aromatic N) is 3. The van der Waals surface area contributed by atoms with Crippen molar-refractivity contribution in [3.05, 3.63) is 16.2 Å². The van der Waals surface area contributed by atoms with E-state index in [1.165, 1.54) is 0 Å². The van der Waals surface area contributed by atoms with E-state index in [0.29, 0.717) is 39.6 Å². The first kappa shape index (κ1) is 17.4. The number of halogens is 1. The van der Waals surface area contributed by atoms with E-state index in [1.807, 2.05) is 6.07 Å². The maximum atomic E-state index is 6.17. The molecule has 0 bridgehead atoms. The average molecular weight is 386 g/mol. The second-order valence-corrected chi connectivity index (χ2v) is 7.46. The van der Waals surface area contributed by atoms with Gasteiger partial charge in [-0.15, -0.1) is 11.3 Å². The molecule has 0 N–H and O–H groups in total. The van der Waals surface area contributed by atoms with Crippen molar-refractivity contribution < 1.29 is 18.9 Å². The van der Waals surface area contributed by atoms with E-state index in [9.17, 15) is 0 Å². The summed E-state index contributed by atoms with van der Waals surface area (Å²) in [5.41, 5.74) is 0.432. The highest BCUT2D eigenvalue weighted by Gasteiger charge is 2.43. The molecule has 2 aromatic rings. The Morgan fingerprint density at radius 1 is 1.24 bits per heavy atom. The Balaban J connectivity index is 1.69. The summed E-state index contributed by atoms with van der Waals surface area (Å²) in [5, 5.41) is 0.262. The van der Waals surface area contributed by atoms with Crippen LogP contribution in [-0.4, -0.2) is 69.8 Å². The van der Waals surface area contributed by atoms with Gasteiger partial charge in [-0.1, -0.05) is 0 Å². The number of thiophene rings is 1. The fraction of sp³-hybridized carbons (Fsp3) is 0.625. The highest BCUT2D eigenvalue weighted by atomic mass is 35.5. The number of aromatic nitrogens is 2. The molecule has 2 aliphatic heterocycles. The van der Waals surface area contributed by atoms with Gasteiger partial charge in [-0.2, -0.15) is 4.98 Å². The smallest absolute Gasteiger partial charge is 0.224 e. The van der Waals surface area contributed by atoms with Crippen molar-refractivity contribution in [2.45, 2.75) is 5.60 Å². The predicted molar refractivity (Wildman–Crippen MR) is 95.8 cm³/mol. The van der Waals surface area contributed by atoms with Gasteiger partial charge in [0, 0.05) is 25.1 Å². The molecule has 7 nitrogen and oxygen atoms in total. The topological polar surface area (TPSA) is 65.9 Å². The molecule has 0 radical (unpaired) electrons. The van der Waals surface area contributed by atoms with Crippen LogP contribution in [0.3, 0.4) is 0 Å². The Bertz CT molecular complexity index is 746. The van der Waals surface area contributed by atoms with Crippen LogP contribution in [-0.2, 0) is 24.5 Å². The summed E-state index contributed by atoms with van der Waals surface area (Å²) in [7, 11) is 1.67. The summed E-state index contributed by atoms with van der Waals surface area (Å²) in [6, 6.07) is 2.05. The maximum Gasteiger partial charge on any atom is 0.224 e. The molecule has 136 valence electrons. The number of methoxy groups -OCH3 is 1. The van der Waals surface area contributed by atoms with Gasteiger partial charge in [0.1, 0.15) is 5.60 Å². The number of fused-ring (bicyclic) bond motifs is 1. The zero-order valence-electron chi connectivity index (χ0n) is 14.0. The van der Waals surface area contributed by atoms with E-state index >= 15 is 0 Å². The van der Waals surface area contributed by atoms with Crippen molar-refractivity contribution >= 4 is 39.0 Å². The normalized spacial score (nSPS) is 20.0. The SMILES string of the molecule is COCCOC1(c2cc3nc(Cl)nc(N4CCOCC4)c3s2)COC1. The molecule has 9 heteroatoms. The Morgan fingerprint density at radius 2 is 2.04 bits per heavy atom. The first-order chi connectivity index (χ1) is 12.2. The minimum absolute atomic E-state index is 0.262. The third-order valence-corrected chi connectivity index (χ3v) is 5.90. The molecule has 2 saturated heterocycles. The van der Waals surface area contributed by atoms with Gasteiger partial charge in [0.15, 0.2) is 5.82 Å². The Hall–Kier alpha value is -1.03. The molecular weight excluding hydrogens is 366 g/mol. The highest BCUT2D eigenvalue weighted by Crippen LogP contribution is 2.42. The fourth-order valence-electron chi connectivity index (χ4n) is 3.01. The van der Waals surface area contributed by atoms with E-state index < -0.39 is 5.60 Å². The summed E-state index contributed by atoms with van der Waals surface area (Å²) in [4.78, 5) is 12.2. The molecule has 0 aliphatic carbocycles. The molecule has 2 fully saturated rings. The molecule has 0 aromatic carbocycles. The van der Waals surface area contributed by atoms with Gasteiger partial charge >= 0.3 is 0 Å². The predicted octanol–water partition coefficient (Wildman–Crippen LogP) is 2.07. The molecule has 0 atom stereocenters. The molecule has 0 saturated carbocycles. The third-order valence-electron chi connectivity index (χ3n) is 4.42. The van der Waals surface area contributed by atoms with E-state index in [2.05, 4.69) is 14.9 Å². The third kappa shape index (κ3) is 3.34. The number of ether oxygens (including phenoxy) is 4.